The van der Waals surface area contributed by atoms with Gasteiger partial charge in [-0.25, -0.2) is 4.79 Å². The molecular weight excluding hydrogens is 250 g/mol. The number of rotatable bonds is 5. The maximum Gasteiger partial charge on any atom is 0.328 e. The monoisotopic (exact) mass is 267 g/mol. The second-order valence-corrected chi connectivity index (χ2v) is 5.55. The summed E-state index contributed by atoms with van der Waals surface area (Å²) in [4.78, 5) is 23.5. The van der Waals surface area contributed by atoms with Gasteiger partial charge in [0.15, 0.2) is 0 Å². The minimum absolute atomic E-state index is 0.210. The number of aliphatic carboxylic acids is 1. The molecule has 1 aromatic carbocycles. The highest BCUT2D eigenvalue weighted by Crippen LogP contribution is 2.21. The Morgan fingerprint density at radius 2 is 1.94 bits per heavy atom. The molecule has 0 spiro atoms. The molecule has 0 aliphatic carbocycles. The van der Waals surface area contributed by atoms with Gasteiger partial charge in [0.1, 0.15) is 5.54 Å². The average molecular weight is 267 g/mol. The molecule has 0 aliphatic heterocycles. The van der Waals surface area contributed by atoms with Gasteiger partial charge in [-0.3, -0.25) is 4.79 Å². The molecule has 4 nitrogen and oxygen atoms in total. The SMILES string of the molecule is Cc1ccccc1SCC(=O)NC(C)(C)C(=O)O. The number of carboxylic acid groups (broad SMARTS) is 1. The van der Waals surface area contributed by atoms with Crippen molar-refractivity contribution in [1.82, 2.24) is 5.32 Å². The number of hydrogen-bond donors (Lipinski definition) is 2. The van der Waals surface area contributed by atoms with Crippen LogP contribution in [-0.2, 0) is 9.59 Å². The summed E-state index contributed by atoms with van der Waals surface area (Å²) in [6, 6.07) is 7.76. The summed E-state index contributed by atoms with van der Waals surface area (Å²) in [6.45, 7) is 4.90. The smallest absolute Gasteiger partial charge is 0.328 e. The molecule has 0 bridgehead atoms. The molecule has 0 heterocycles. The van der Waals surface area contributed by atoms with Crippen LogP contribution in [-0.4, -0.2) is 28.3 Å². The molecule has 98 valence electrons. The Hall–Kier alpha value is -1.49. The first-order valence-corrected chi connectivity index (χ1v) is 6.54. The zero-order valence-electron chi connectivity index (χ0n) is 10.7. The van der Waals surface area contributed by atoms with Crippen LogP contribution in [0.2, 0.25) is 0 Å². The van der Waals surface area contributed by atoms with E-state index in [0.717, 1.165) is 10.5 Å². The lowest BCUT2D eigenvalue weighted by Gasteiger charge is -2.20. The van der Waals surface area contributed by atoms with E-state index in [1.54, 1.807) is 0 Å². The maximum atomic E-state index is 11.7. The van der Waals surface area contributed by atoms with Gasteiger partial charge >= 0.3 is 5.97 Å². The molecule has 0 atom stereocenters. The number of thioether (sulfide) groups is 1. The first kappa shape index (κ1) is 14.6. The largest absolute Gasteiger partial charge is 0.480 e. The Labute approximate surface area is 111 Å². The van der Waals surface area contributed by atoms with Gasteiger partial charge in [-0.2, -0.15) is 0 Å². The van der Waals surface area contributed by atoms with Crippen molar-refractivity contribution in [2.24, 2.45) is 0 Å². The van der Waals surface area contributed by atoms with E-state index in [9.17, 15) is 9.59 Å². The molecular formula is C13H17NO3S. The Balaban J connectivity index is 2.53. The average Bonchev–Trinajstić information content (AvgIpc) is 2.27. The Morgan fingerprint density at radius 3 is 2.50 bits per heavy atom. The first-order valence-electron chi connectivity index (χ1n) is 5.56. The number of benzene rings is 1. The normalized spacial score (nSPS) is 11.1. The number of carboxylic acids is 1. The molecule has 1 aromatic rings. The van der Waals surface area contributed by atoms with E-state index in [2.05, 4.69) is 5.32 Å². The zero-order chi connectivity index (χ0) is 13.8. The fourth-order valence-corrected chi connectivity index (χ4v) is 2.13. The molecule has 0 saturated heterocycles. The third-order valence-electron chi connectivity index (χ3n) is 2.44. The summed E-state index contributed by atoms with van der Waals surface area (Å²) in [6.07, 6.45) is 0. The molecule has 0 unspecified atom stereocenters. The van der Waals surface area contributed by atoms with E-state index >= 15 is 0 Å². The molecule has 5 heteroatoms. The maximum absolute atomic E-state index is 11.7. The molecule has 0 saturated carbocycles. The van der Waals surface area contributed by atoms with Crippen molar-refractivity contribution in [3.8, 4) is 0 Å². The van der Waals surface area contributed by atoms with Crippen molar-refractivity contribution in [3.05, 3.63) is 29.8 Å². The summed E-state index contributed by atoms with van der Waals surface area (Å²) in [5.41, 5.74) is -0.128. The van der Waals surface area contributed by atoms with Gasteiger partial charge in [-0.15, -0.1) is 11.8 Å². The molecule has 18 heavy (non-hydrogen) atoms. The van der Waals surface area contributed by atoms with Crippen molar-refractivity contribution in [3.63, 3.8) is 0 Å². The molecule has 0 aliphatic rings. The number of carbonyl (C=O) groups is 2. The topological polar surface area (TPSA) is 66.4 Å². The fraction of sp³-hybridized carbons (Fsp3) is 0.385. The lowest BCUT2D eigenvalue weighted by Crippen LogP contribution is -2.50. The first-order chi connectivity index (χ1) is 8.33. The molecule has 1 rings (SSSR count). The van der Waals surface area contributed by atoms with Crippen molar-refractivity contribution in [2.45, 2.75) is 31.2 Å². The summed E-state index contributed by atoms with van der Waals surface area (Å²) < 4.78 is 0. The van der Waals surface area contributed by atoms with Crippen LogP contribution < -0.4 is 5.32 Å². The van der Waals surface area contributed by atoms with Crippen LogP contribution in [0.1, 0.15) is 19.4 Å². The third-order valence-corrected chi connectivity index (χ3v) is 3.61. The van der Waals surface area contributed by atoms with E-state index in [1.807, 2.05) is 31.2 Å². The summed E-state index contributed by atoms with van der Waals surface area (Å²) in [5, 5.41) is 11.4. The number of aryl methyl sites for hydroxylation is 1. The van der Waals surface area contributed by atoms with Crippen LogP contribution in [0.4, 0.5) is 0 Å². The Morgan fingerprint density at radius 1 is 1.33 bits per heavy atom. The van der Waals surface area contributed by atoms with E-state index in [0.29, 0.717) is 0 Å². The Bertz CT molecular complexity index is 457. The van der Waals surface area contributed by atoms with Crippen LogP contribution in [0.3, 0.4) is 0 Å². The highest BCUT2D eigenvalue weighted by atomic mass is 32.2. The zero-order valence-corrected chi connectivity index (χ0v) is 11.5. The molecule has 0 aromatic heterocycles. The van der Waals surface area contributed by atoms with Crippen LogP contribution >= 0.6 is 11.8 Å². The number of nitrogens with one attached hydrogen (secondary N) is 1. The standard InChI is InChI=1S/C13H17NO3S/c1-9-6-4-5-7-10(9)18-8-11(15)14-13(2,3)12(16)17/h4-7H,8H2,1-3H3,(H,14,15)(H,16,17). The van der Waals surface area contributed by atoms with E-state index in [-0.39, 0.29) is 11.7 Å². The van der Waals surface area contributed by atoms with Gasteiger partial charge in [-0.05, 0) is 32.4 Å². The highest BCUT2D eigenvalue weighted by Gasteiger charge is 2.28. The van der Waals surface area contributed by atoms with E-state index < -0.39 is 11.5 Å². The third kappa shape index (κ3) is 4.07. The van der Waals surface area contributed by atoms with Gasteiger partial charge in [0.25, 0.3) is 0 Å². The summed E-state index contributed by atoms with van der Waals surface area (Å²) in [7, 11) is 0. The molecule has 2 N–H and O–H groups in total. The van der Waals surface area contributed by atoms with Crippen molar-refractivity contribution < 1.29 is 14.7 Å². The second-order valence-electron chi connectivity index (χ2n) is 4.53. The van der Waals surface area contributed by atoms with Crippen LogP contribution in [0.25, 0.3) is 0 Å². The molecule has 0 fully saturated rings. The summed E-state index contributed by atoms with van der Waals surface area (Å²) in [5.74, 6) is -1.12. The van der Waals surface area contributed by atoms with Crippen LogP contribution in [0, 0.1) is 6.92 Å². The van der Waals surface area contributed by atoms with Crippen molar-refractivity contribution >= 4 is 23.6 Å². The van der Waals surface area contributed by atoms with Crippen LogP contribution in [0.15, 0.2) is 29.2 Å². The van der Waals surface area contributed by atoms with Gasteiger partial charge in [0, 0.05) is 4.90 Å². The highest BCUT2D eigenvalue weighted by molar-refractivity contribution is 8.00. The quantitative estimate of drug-likeness (QED) is 0.801. The predicted molar refractivity (Wildman–Crippen MR) is 71.8 cm³/mol. The lowest BCUT2D eigenvalue weighted by atomic mass is 10.1. The molecule has 1 amide bonds. The van der Waals surface area contributed by atoms with Gasteiger partial charge in [0.2, 0.25) is 5.91 Å². The summed E-state index contributed by atoms with van der Waals surface area (Å²) >= 11 is 1.40. The second kappa shape index (κ2) is 5.91. The minimum atomic E-state index is -1.23. The van der Waals surface area contributed by atoms with E-state index in [4.69, 9.17) is 5.11 Å². The van der Waals surface area contributed by atoms with Crippen LogP contribution in [0.5, 0.6) is 0 Å². The number of hydrogen-bond acceptors (Lipinski definition) is 3. The molecule has 0 radical (unpaired) electrons. The Kier molecular flexibility index (Phi) is 4.78. The van der Waals surface area contributed by atoms with Crippen molar-refractivity contribution in [2.75, 3.05) is 5.75 Å². The van der Waals surface area contributed by atoms with Crippen molar-refractivity contribution in [1.29, 1.82) is 0 Å². The predicted octanol–water partition coefficient (Wildman–Crippen LogP) is 2.07. The fourth-order valence-electron chi connectivity index (χ4n) is 1.30. The van der Waals surface area contributed by atoms with E-state index in [1.165, 1.54) is 25.6 Å². The van der Waals surface area contributed by atoms with Gasteiger partial charge < -0.3 is 10.4 Å². The number of carbonyl (C=O) groups excluding carboxylic acids is 1. The van der Waals surface area contributed by atoms with Gasteiger partial charge in [0.05, 0.1) is 5.75 Å². The lowest BCUT2D eigenvalue weighted by molar-refractivity contribution is -0.145. The van der Waals surface area contributed by atoms with Gasteiger partial charge in [-0.1, -0.05) is 18.2 Å². The number of amides is 1. The minimum Gasteiger partial charge on any atom is -0.480 e.